The average Bonchev–Trinajstić information content (AvgIpc) is 2.85. The maximum absolute atomic E-state index is 13.5. The van der Waals surface area contributed by atoms with Crippen LogP contribution in [0.4, 0.5) is 11.4 Å². The molecule has 0 aromatic heterocycles. The molecule has 35 heavy (non-hydrogen) atoms. The lowest BCUT2D eigenvalue weighted by molar-refractivity contribution is -0.120. The topological polar surface area (TPSA) is 151 Å². The van der Waals surface area contributed by atoms with E-state index in [1.54, 1.807) is 60.7 Å². The average molecular weight is 510 g/mol. The first-order chi connectivity index (χ1) is 16.7. The second kappa shape index (κ2) is 10.1. The fraction of sp³-hybridized carbons (Fsp3) is 0.200. The number of carbonyl (C=O) groups excluding carboxylic acids is 1. The van der Waals surface area contributed by atoms with E-state index in [1.165, 1.54) is 6.07 Å². The van der Waals surface area contributed by atoms with Gasteiger partial charge in [0.1, 0.15) is 11.4 Å². The monoisotopic (exact) mass is 509 g/mol. The molecule has 0 unspecified atom stereocenters. The molecule has 0 bridgehead atoms. The Labute approximate surface area is 209 Å². The summed E-state index contributed by atoms with van der Waals surface area (Å²) in [5.74, 6) is 1.51. The van der Waals surface area contributed by atoms with Crippen LogP contribution in [0, 0.1) is 5.41 Å². The Hall–Kier alpha value is -3.34. The van der Waals surface area contributed by atoms with E-state index >= 15 is 0 Å². The van der Waals surface area contributed by atoms with Crippen molar-refractivity contribution in [1.29, 1.82) is 5.41 Å². The van der Waals surface area contributed by atoms with Crippen molar-refractivity contribution >= 4 is 44.9 Å². The summed E-state index contributed by atoms with van der Waals surface area (Å²) in [6.07, 6.45) is 1.29. The summed E-state index contributed by atoms with van der Waals surface area (Å²) in [4.78, 5) is 13.6. The minimum absolute atomic E-state index is 0.0320. The van der Waals surface area contributed by atoms with Crippen LogP contribution in [0.25, 0.3) is 11.1 Å². The molecule has 7 N–H and O–H groups in total. The van der Waals surface area contributed by atoms with E-state index in [-0.39, 0.29) is 16.6 Å². The molecular formula is C25H27N5O3S2. The van der Waals surface area contributed by atoms with Crippen molar-refractivity contribution in [3.05, 3.63) is 78.4 Å². The number of amides is 1. The SMILES string of the molecule is N=C(N)c1cccc(NC2(C(=O)Nc3ccc(-c4ccccc4S(N)(=O)=O)cc3)CCSCC2)c1. The van der Waals surface area contributed by atoms with Crippen LogP contribution < -0.4 is 21.5 Å². The fourth-order valence-corrected chi connectivity index (χ4v) is 6.06. The van der Waals surface area contributed by atoms with Crippen LogP contribution in [0.15, 0.2) is 77.7 Å². The van der Waals surface area contributed by atoms with Gasteiger partial charge in [-0.3, -0.25) is 10.2 Å². The van der Waals surface area contributed by atoms with Crippen LogP contribution in [-0.4, -0.2) is 37.2 Å². The van der Waals surface area contributed by atoms with E-state index in [0.29, 0.717) is 35.2 Å². The third-order valence-corrected chi connectivity index (χ3v) is 7.94. The molecule has 3 aromatic carbocycles. The van der Waals surface area contributed by atoms with Crippen molar-refractivity contribution in [3.63, 3.8) is 0 Å². The fourth-order valence-electron chi connectivity index (χ4n) is 4.11. The largest absolute Gasteiger partial charge is 0.384 e. The third-order valence-electron chi connectivity index (χ3n) is 5.99. The summed E-state index contributed by atoms with van der Waals surface area (Å²) in [6.45, 7) is 0. The first-order valence-corrected chi connectivity index (χ1v) is 13.7. The number of thioether (sulfide) groups is 1. The first-order valence-electron chi connectivity index (χ1n) is 11.0. The molecule has 1 fully saturated rings. The molecule has 3 aromatic rings. The number of nitrogens with two attached hydrogens (primary N) is 2. The molecule has 0 atom stereocenters. The minimum Gasteiger partial charge on any atom is -0.384 e. The van der Waals surface area contributed by atoms with Crippen molar-refractivity contribution in [2.45, 2.75) is 23.3 Å². The maximum atomic E-state index is 13.5. The molecule has 1 heterocycles. The minimum atomic E-state index is -3.87. The van der Waals surface area contributed by atoms with Crippen LogP contribution in [0.5, 0.6) is 0 Å². The van der Waals surface area contributed by atoms with E-state index in [9.17, 15) is 13.2 Å². The van der Waals surface area contributed by atoms with Gasteiger partial charge >= 0.3 is 0 Å². The van der Waals surface area contributed by atoms with Gasteiger partial charge in [-0.1, -0.05) is 42.5 Å². The van der Waals surface area contributed by atoms with Crippen LogP contribution in [-0.2, 0) is 14.8 Å². The molecule has 0 spiro atoms. The smallest absolute Gasteiger partial charge is 0.250 e. The van der Waals surface area contributed by atoms with Crippen molar-refractivity contribution in [3.8, 4) is 11.1 Å². The summed E-state index contributed by atoms with van der Waals surface area (Å²) in [7, 11) is -3.87. The Morgan fingerprint density at radius 2 is 1.63 bits per heavy atom. The highest BCUT2D eigenvalue weighted by Gasteiger charge is 2.40. The molecule has 1 saturated heterocycles. The molecule has 0 aliphatic carbocycles. The highest BCUT2D eigenvalue weighted by molar-refractivity contribution is 7.99. The van der Waals surface area contributed by atoms with Crippen LogP contribution in [0.3, 0.4) is 0 Å². The summed E-state index contributed by atoms with van der Waals surface area (Å²) >= 11 is 1.81. The molecule has 182 valence electrons. The van der Waals surface area contributed by atoms with E-state index in [0.717, 1.165) is 17.2 Å². The predicted octanol–water partition coefficient (Wildman–Crippen LogP) is 3.60. The normalized spacial score (nSPS) is 15.2. The number of amidine groups is 1. The molecule has 0 saturated carbocycles. The Balaban J connectivity index is 1.57. The Bertz CT molecular complexity index is 1350. The van der Waals surface area contributed by atoms with Gasteiger partial charge in [0.2, 0.25) is 15.9 Å². The number of nitrogens with one attached hydrogen (secondary N) is 3. The number of hydrogen-bond acceptors (Lipinski definition) is 6. The zero-order valence-corrected chi connectivity index (χ0v) is 20.6. The van der Waals surface area contributed by atoms with Crippen molar-refractivity contribution < 1.29 is 13.2 Å². The standard InChI is InChI=1S/C25H27N5O3S2/c26-23(27)18-4-3-5-20(16-18)30-25(12-14-34-15-13-25)24(31)29-19-10-8-17(9-11-19)21-6-1-2-7-22(21)35(28,32)33/h1-11,16,30H,12-15H2,(H3,26,27)(H,29,31)(H2,28,32,33). The van der Waals surface area contributed by atoms with Gasteiger partial charge in [0, 0.05) is 22.5 Å². The van der Waals surface area contributed by atoms with Crippen LogP contribution in [0.1, 0.15) is 18.4 Å². The lowest BCUT2D eigenvalue weighted by atomic mass is 9.90. The zero-order chi connectivity index (χ0) is 25.1. The Morgan fingerprint density at radius 3 is 2.29 bits per heavy atom. The molecule has 0 radical (unpaired) electrons. The predicted molar refractivity (Wildman–Crippen MR) is 142 cm³/mol. The van der Waals surface area contributed by atoms with Crippen molar-refractivity contribution in [1.82, 2.24) is 0 Å². The highest BCUT2D eigenvalue weighted by Crippen LogP contribution is 2.33. The summed E-state index contributed by atoms with van der Waals surface area (Å²) in [5, 5.41) is 19.5. The molecule has 4 rings (SSSR count). The summed E-state index contributed by atoms with van der Waals surface area (Å²) in [5.41, 5.74) is 7.92. The zero-order valence-electron chi connectivity index (χ0n) is 19.0. The number of sulfonamides is 1. The lowest BCUT2D eigenvalue weighted by Gasteiger charge is -2.37. The first kappa shape index (κ1) is 24.8. The molecule has 10 heteroatoms. The van der Waals surface area contributed by atoms with Crippen LogP contribution >= 0.6 is 11.8 Å². The van der Waals surface area contributed by atoms with Crippen molar-refractivity contribution in [2.75, 3.05) is 22.1 Å². The van der Waals surface area contributed by atoms with Gasteiger partial charge in [-0.15, -0.1) is 0 Å². The number of rotatable bonds is 7. The number of hydrogen-bond donors (Lipinski definition) is 5. The molecular weight excluding hydrogens is 482 g/mol. The molecule has 1 aliphatic rings. The quantitative estimate of drug-likeness (QED) is 0.242. The molecule has 1 amide bonds. The lowest BCUT2D eigenvalue weighted by Crippen LogP contribution is -2.52. The number of nitrogen functional groups attached to an aromatic ring is 1. The van der Waals surface area contributed by atoms with E-state index < -0.39 is 15.6 Å². The van der Waals surface area contributed by atoms with Gasteiger partial charge in [0.25, 0.3) is 0 Å². The van der Waals surface area contributed by atoms with E-state index in [4.69, 9.17) is 16.3 Å². The second-order valence-electron chi connectivity index (χ2n) is 8.39. The van der Waals surface area contributed by atoms with E-state index in [2.05, 4.69) is 10.6 Å². The molecule has 8 nitrogen and oxygen atoms in total. The van der Waals surface area contributed by atoms with Gasteiger partial charge in [0.15, 0.2) is 0 Å². The van der Waals surface area contributed by atoms with Gasteiger partial charge in [-0.05, 0) is 60.2 Å². The van der Waals surface area contributed by atoms with Gasteiger partial charge in [-0.2, -0.15) is 11.8 Å². The number of anilines is 2. The number of benzene rings is 3. The number of primary sulfonamides is 1. The highest BCUT2D eigenvalue weighted by atomic mass is 32.2. The molecule has 1 aliphatic heterocycles. The summed E-state index contributed by atoms with van der Waals surface area (Å²) < 4.78 is 23.9. The number of carbonyl (C=O) groups is 1. The second-order valence-corrected chi connectivity index (χ2v) is 11.1. The van der Waals surface area contributed by atoms with Gasteiger partial charge in [0.05, 0.1) is 4.90 Å². The van der Waals surface area contributed by atoms with E-state index in [1.807, 2.05) is 17.8 Å². The van der Waals surface area contributed by atoms with Crippen LogP contribution in [0.2, 0.25) is 0 Å². The maximum Gasteiger partial charge on any atom is 0.250 e. The summed E-state index contributed by atoms with van der Waals surface area (Å²) in [6, 6.07) is 20.7. The Morgan fingerprint density at radius 1 is 0.943 bits per heavy atom. The third kappa shape index (κ3) is 5.67. The van der Waals surface area contributed by atoms with Gasteiger partial charge in [-0.25, -0.2) is 13.6 Å². The van der Waals surface area contributed by atoms with Crippen molar-refractivity contribution in [2.24, 2.45) is 10.9 Å². The van der Waals surface area contributed by atoms with Gasteiger partial charge < -0.3 is 16.4 Å². The Kier molecular flexibility index (Phi) is 7.15.